The number of hydrogen-bond acceptors (Lipinski definition) is 0. The predicted molar refractivity (Wildman–Crippen MR) is 52.4 cm³/mol. The van der Waals surface area contributed by atoms with Crippen LogP contribution in [0, 0.1) is 0 Å². The monoisotopic (exact) mass is 177 g/mol. The second kappa shape index (κ2) is 12.5. The molecule has 0 heterocycles. The zero-order chi connectivity index (χ0) is 6.95. The second-order valence-electron chi connectivity index (χ2n) is 2.57. The minimum atomic E-state index is 0. The Morgan fingerprint density at radius 3 is 1.60 bits per heavy atom. The number of halogens is 1. The first-order valence-electron chi connectivity index (χ1n) is 4.23. The normalized spacial score (nSPS) is 8.60. The van der Waals surface area contributed by atoms with Gasteiger partial charge in [-0.2, -0.15) is 0 Å². The van der Waals surface area contributed by atoms with Crippen LogP contribution in [-0.2, 0) is 0 Å². The van der Waals surface area contributed by atoms with Crippen LogP contribution in [0.1, 0.15) is 39.5 Å². The van der Waals surface area contributed by atoms with Crippen molar-refractivity contribution in [1.82, 2.24) is 0 Å². The lowest BCUT2D eigenvalue weighted by Gasteiger charge is -1.93. The Morgan fingerprint density at radius 2 is 1.30 bits per heavy atom. The molecule has 0 fully saturated rings. The molecule has 0 aliphatic rings. The average Bonchev–Trinajstić information content (AvgIpc) is 1.89. The maximum atomic E-state index is 2.28. The molecule has 0 bridgehead atoms. The molecule has 0 aromatic heterocycles. The van der Waals surface area contributed by atoms with Crippen LogP contribution in [0.25, 0.3) is 0 Å². The van der Waals surface area contributed by atoms with Crippen molar-refractivity contribution in [1.29, 1.82) is 0 Å². The van der Waals surface area contributed by atoms with Crippen LogP contribution in [-0.4, -0.2) is 15.2 Å². The highest BCUT2D eigenvalue weighted by Crippen LogP contribution is 1.99. The molecule has 0 nitrogen and oxygen atoms in total. The molecule has 0 amide bonds. The molecular formula is C8H19AlCl. The summed E-state index contributed by atoms with van der Waals surface area (Å²) in [5.74, 6) is 0. The van der Waals surface area contributed by atoms with E-state index in [0.29, 0.717) is 0 Å². The molecule has 0 saturated carbocycles. The van der Waals surface area contributed by atoms with Gasteiger partial charge < -0.3 is 0 Å². The molecule has 61 valence electrons. The lowest BCUT2D eigenvalue weighted by atomic mass is 10.4. The summed E-state index contributed by atoms with van der Waals surface area (Å²) >= 11 is 0.818. The van der Waals surface area contributed by atoms with Crippen LogP contribution in [0.4, 0.5) is 0 Å². The van der Waals surface area contributed by atoms with Crippen LogP contribution in [0.15, 0.2) is 0 Å². The molecule has 0 N–H and O–H groups in total. The van der Waals surface area contributed by atoms with Crippen LogP contribution in [0.5, 0.6) is 0 Å². The molecule has 0 aliphatic heterocycles. The molecule has 10 heavy (non-hydrogen) atoms. The molecule has 0 atom stereocenters. The third-order valence-corrected chi connectivity index (χ3v) is 3.16. The smallest absolute Gasteiger partial charge is 0.147 e. The van der Waals surface area contributed by atoms with E-state index in [1.807, 2.05) is 0 Å². The minimum Gasteiger partial charge on any atom is -0.147 e. The van der Waals surface area contributed by atoms with Crippen LogP contribution in [0.3, 0.4) is 0 Å². The van der Waals surface area contributed by atoms with Crippen molar-refractivity contribution in [2.45, 2.75) is 50.1 Å². The van der Waals surface area contributed by atoms with E-state index in [9.17, 15) is 0 Å². The first kappa shape index (κ1) is 13.4. The first-order valence-corrected chi connectivity index (χ1v) is 5.86. The Labute approximate surface area is 77.9 Å². The maximum Gasteiger partial charge on any atom is 0.199 e. The average molecular weight is 178 g/mol. The van der Waals surface area contributed by atoms with E-state index in [1.54, 1.807) is 0 Å². The van der Waals surface area contributed by atoms with Gasteiger partial charge in [-0.3, -0.25) is 0 Å². The Balaban J connectivity index is 0. The molecule has 2 heteroatoms. The van der Waals surface area contributed by atoms with Crippen LogP contribution >= 0.6 is 12.4 Å². The molecule has 0 aliphatic carbocycles. The first-order chi connectivity index (χ1) is 4.41. The van der Waals surface area contributed by atoms with E-state index in [0.717, 1.165) is 15.2 Å². The quantitative estimate of drug-likeness (QED) is 0.430. The number of hydrogen-bond donors (Lipinski definition) is 0. The van der Waals surface area contributed by atoms with Gasteiger partial charge in [0.1, 0.15) is 0 Å². The largest absolute Gasteiger partial charge is 0.199 e. The standard InChI is InChI=1S/2C4H9.Al.ClH/c2*1-3-4-2;;/h2*1,3-4H2,2H3;;1H. The summed E-state index contributed by atoms with van der Waals surface area (Å²) in [4.78, 5) is 0. The summed E-state index contributed by atoms with van der Waals surface area (Å²) in [5, 5.41) is 3.08. The summed E-state index contributed by atoms with van der Waals surface area (Å²) in [6.45, 7) is 4.55. The van der Waals surface area contributed by atoms with Crippen molar-refractivity contribution < 1.29 is 0 Å². The highest BCUT2D eigenvalue weighted by atomic mass is 35.5. The fourth-order valence-electron chi connectivity index (χ4n) is 0.841. The summed E-state index contributed by atoms with van der Waals surface area (Å²) < 4.78 is 0. The van der Waals surface area contributed by atoms with Gasteiger partial charge in [0.2, 0.25) is 0 Å². The molecule has 0 aromatic rings. The molecule has 0 aromatic carbocycles. The zero-order valence-corrected chi connectivity index (χ0v) is 9.20. The van der Waals surface area contributed by atoms with Gasteiger partial charge in [-0.25, -0.2) is 0 Å². The van der Waals surface area contributed by atoms with Crippen LogP contribution in [0.2, 0.25) is 10.6 Å². The lowest BCUT2D eigenvalue weighted by Crippen LogP contribution is -1.87. The summed E-state index contributed by atoms with van der Waals surface area (Å²) in [7, 11) is 0. The zero-order valence-electron chi connectivity index (χ0n) is 7.23. The lowest BCUT2D eigenvalue weighted by molar-refractivity contribution is 0.851. The fourth-order valence-corrected chi connectivity index (χ4v) is 2.52. The highest BCUT2D eigenvalue weighted by molar-refractivity contribution is 6.35. The van der Waals surface area contributed by atoms with Gasteiger partial charge in [-0.05, 0) is 0 Å². The van der Waals surface area contributed by atoms with Crippen molar-refractivity contribution in [3.63, 3.8) is 0 Å². The van der Waals surface area contributed by atoms with Gasteiger partial charge >= 0.3 is 0 Å². The van der Waals surface area contributed by atoms with Gasteiger partial charge in [-0.15, -0.1) is 23.0 Å². The maximum absolute atomic E-state index is 2.28. The summed E-state index contributed by atoms with van der Waals surface area (Å²) in [6.07, 6.45) is 5.72. The molecule has 0 unspecified atom stereocenters. The van der Waals surface area contributed by atoms with Gasteiger partial charge in [-0.1, -0.05) is 39.5 Å². The Bertz CT molecular complexity index is 42.5. The van der Waals surface area contributed by atoms with E-state index in [-0.39, 0.29) is 12.4 Å². The number of unbranched alkanes of at least 4 members (excludes halogenated alkanes) is 2. The van der Waals surface area contributed by atoms with E-state index >= 15 is 0 Å². The molecular weight excluding hydrogens is 159 g/mol. The third-order valence-electron chi connectivity index (χ3n) is 1.52. The van der Waals surface area contributed by atoms with Crippen LogP contribution < -0.4 is 0 Å². The van der Waals surface area contributed by atoms with E-state index in [1.165, 1.54) is 36.2 Å². The topological polar surface area (TPSA) is 0 Å². The Hall–Kier alpha value is 0.822. The van der Waals surface area contributed by atoms with Crippen molar-refractivity contribution in [2.75, 3.05) is 0 Å². The van der Waals surface area contributed by atoms with Gasteiger partial charge in [0.25, 0.3) is 0 Å². The second-order valence-corrected chi connectivity index (χ2v) is 4.31. The highest BCUT2D eigenvalue weighted by Gasteiger charge is 1.89. The Kier molecular flexibility index (Phi) is 16.8. The molecule has 0 saturated heterocycles. The van der Waals surface area contributed by atoms with E-state index in [4.69, 9.17) is 0 Å². The predicted octanol–water partition coefficient (Wildman–Crippen LogP) is 3.55. The van der Waals surface area contributed by atoms with E-state index < -0.39 is 0 Å². The van der Waals surface area contributed by atoms with Crippen molar-refractivity contribution in [2.24, 2.45) is 0 Å². The van der Waals surface area contributed by atoms with Crippen molar-refractivity contribution in [3.8, 4) is 0 Å². The van der Waals surface area contributed by atoms with E-state index in [2.05, 4.69) is 13.8 Å². The molecule has 0 rings (SSSR count). The minimum absolute atomic E-state index is 0. The molecule has 1 radical (unpaired) electrons. The SMILES string of the molecule is CCC[CH2][Al][CH2]CCC.Cl. The van der Waals surface area contributed by atoms with Gasteiger partial charge in [0.15, 0.2) is 15.2 Å². The van der Waals surface area contributed by atoms with Gasteiger partial charge in [0.05, 0.1) is 0 Å². The van der Waals surface area contributed by atoms with Crippen molar-refractivity contribution in [3.05, 3.63) is 0 Å². The van der Waals surface area contributed by atoms with Crippen molar-refractivity contribution >= 4 is 27.6 Å². The summed E-state index contributed by atoms with van der Waals surface area (Å²) in [6, 6.07) is 0. The third kappa shape index (κ3) is 11.6. The molecule has 0 spiro atoms. The Morgan fingerprint density at radius 1 is 0.900 bits per heavy atom. The number of rotatable bonds is 6. The fraction of sp³-hybridized carbons (Fsp3) is 1.00. The summed E-state index contributed by atoms with van der Waals surface area (Å²) in [5.41, 5.74) is 0. The van der Waals surface area contributed by atoms with Gasteiger partial charge in [0, 0.05) is 0 Å².